The summed E-state index contributed by atoms with van der Waals surface area (Å²) in [6, 6.07) is 2.16. The summed E-state index contributed by atoms with van der Waals surface area (Å²) in [5.74, 6) is 1.09. The van der Waals surface area contributed by atoms with Crippen LogP contribution >= 0.6 is 0 Å². The van der Waals surface area contributed by atoms with Gasteiger partial charge in [0, 0.05) is 32.0 Å². The average Bonchev–Trinajstić information content (AvgIpc) is 3.08. The minimum Gasteiger partial charge on any atom is -0.393 e. The fraction of sp³-hybridized carbons (Fsp3) is 0.611. The zero-order valence-electron chi connectivity index (χ0n) is 15.3. The number of alkyl halides is 1. The second kappa shape index (κ2) is 8.44. The molecule has 0 amide bonds. The van der Waals surface area contributed by atoms with Crippen LogP contribution in [0.15, 0.2) is 18.5 Å². The molecule has 1 aliphatic rings. The Labute approximate surface area is 153 Å². The third kappa shape index (κ3) is 4.69. The molecule has 7 nitrogen and oxygen atoms in total. The zero-order chi connectivity index (χ0) is 18.5. The highest BCUT2D eigenvalue weighted by atomic mass is 19.1. The Hall–Kier alpha value is -2.22. The van der Waals surface area contributed by atoms with Crippen LogP contribution in [0.3, 0.4) is 0 Å². The van der Waals surface area contributed by atoms with Gasteiger partial charge < -0.3 is 15.7 Å². The number of aliphatic hydroxyl groups is 1. The van der Waals surface area contributed by atoms with Crippen molar-refractivity contribution < 1.29 is 9.50 Å². The van der Waals surface area contributed by atoms with Crippen LogP contribution in [0.2, 0.25) is 0 Å². The molecule has 1 saturated carbocycles. The number of rotatable bonds is 7. The van der Waals surface area contributed by atoms with Crippen LogP contribution in [0.1, 0.15) is 39.0 Å². The number of anilines is 2. The summed E-state index contributed by atoms with van der Waals surface area (Å²) in [6.07, 6.45) is 6.25. The lowest BCUT2D eigenvalue weighted by atomic mass is 9.93. The van der Waals surface area contributed by atoms with Crippen molar-refractivity contribution in [2.24, 2.45) is 7.05 Å². The maximum Gasteiger partial charge on any atom is 0.224 e. The molecule has 2 aromatic heterocycles. The molecule has 8 heteroatoms. The van der Waals surface area contributed by atoms with Gasteiger partial charge in [0.1, 0.15) is 12.0 Å². The minimum absolute atomic E-state index is 0.189. The van der Waals surface area contributed by atoms with E-state index in [0.717, 1.165) is 36.9 Å². The van der Waals surface area contributed by atoms with Crippen molar-refractivity contribution in [2.45, 2.75) is 57.3 Å². The molecule has 3 rings (SSSR count). The van der Waals surface area contributed by atoms with Gasteiger partial charge in [-0.05, 0) is 38.2 Å². The summed E-state index contributed by atoms with van der Waals surface area (Å²) in [5, 5.41) is 20.6. The molecule has 0 aromatic carbocycles. The standard InChI is InChI=1S/C18H27FN6O/c1-3-12(19)10-20-18-21-11-15(16-8-9-25(2)24-16)17(23-18)22-13-4-6-14(26)7-5-13/h8-9,11-14,26H,3-7,10H2,1-2H3,(H2,20,21,22,23)/t12-,13-,14-/m0/s1. The highest BCUT2D eigenvalue weighted by Gasteiger charge is 2.21. The lowest BCUT2D eigenvalue weighted by molar-refractivity contribution is 0.126. The van der Waals surface area contributed by atoms with Crippen LogP contribution in [-0.4, -0.2) is 49.7 Å². The molecule has 0 radical (unpaired) electrons. The highest BCUT2D eigenvalue weighted by molar-refractivity contribution is 5.72. The molecular weight excluding hydrogens is 335 g/mol. The number of aryl methyl sites for hydroxylation is 1. The molecule has 3 N–H and O–H groups in total. The van der Waals surface area contributed by atoms with E-state index >= 15 is 0 Å². The number of aromatic nitrogens is 4. The van der Waals surface area contributed by atoms with Crippen molar-refractivity contribution in [1.29, 1.82) is 0 Å². The lowest BCUT2D eigenvalue weighted by Crippen LogP contribution is -2.29. The Morgan fingerprint density at radius 1 is 1.35 bits per heavy atom. The van der Waals surface area contributed by atoms with Gasteiger partial charge in [-0.1, -0.05) is 6.92 Å². The molecule has 0 bridgehead atoms. The Kier molecular flexibility index (Phi) is 6.03. The van der Waals surface area contributed by atoms with Gasteiger partial charge in [0.15, 0.2) is 0 Å². The first kappa shape index (κ1) is 18.6. The number of hydrogen-bond donors (Lipinski definition) is 3. The molecular formula is C18H27FN6O. The normalized spacial score (nSPS) is 21.4. The Balaban J connectivity index is 1.81. The molecule has 0 unspecified atom stereocenters. The van der Waals surface area contributed by atoms with Crippen LogP contribution in [0.25, 0.3) is 11.3 Å². The quantitative estimate of drug-likeness (QED) is 0.702. The number of hydrogen-bond acceptors (Lipinski definition) is 6. The second-order valence-electron chi connectivity index (χ2n) is 6.87. The summed E-state index contributed by atoms with van der Waals surface area (Å²) < 4.78 is 15.2. The van der Waals surface area contributed by atoms with E-state index in [0.29, 0.717) is 18.2 Å². The Morgan fingerprint density at radius 2 is 2.12 bits per heavy atom. The summed E-state index contributed by atoms with van der Waals surface area (Å²) in [4.78, 5) is 8.88. The lowest BCUT2D eigenvalue weighted by Gasteiger charge is -2.27. The number of nitrogens with zero attached hydrogens (tertiary/aromatic N) is 4. The van der Waals surface area contributed by atoms with E-state index in [1.807, 2.05) is 26.2 Å². The van der Waals surface area contributed by atoms with E-state index in [1.54, 1.807) is 10.9 Å². The van der Waals surface area contributed by atoms with Gasteiger partial charge in [-0.15, -0.1) is 0 Å². The Bertz CT molecular complexity index is 713. The van der Waals surface area contributed by atoms with E-state index in [-0.39, 0.29) is 18.7 Å². The first-order chi connectivity index (χ1) is 12.5. The van der Waals surface area contributed by atoms with Gasteiger partial charge >= 0.3 is 0 Å². The first-order valence-electron chi connectivity index (χ1n) is 9.24. The van der Waals surface area contributed by atoms with Crippen molar-refractivity contribution in [2.75, 3.05) is 17.2 Å². The van der Waals surface area contributed by atoms with Crippen LogP contribution in [0, 0.1) is 0 Å². The monoisotopic (exact) mass is 362 g/mol. The van der Waals surface area contributed by atoms with Crippen molar-refractivity contribution in [1.82, 2.24) is 19.7 Å². The van der Waals surface area contributed by atoms with Gasteiger partial charge in [0.05, 0.1) is 17.4 Å². The van der Waals surface area contributed by atoms with Crippen molar-refractivity contribution in [3.05, 3.63) is 18.5 Å². The maximum absolute atomic E-state index is 13.5. The fourth-order valence-corrected chi connectivity index (χ4v) is 3.08. The zero-order valence-corrected chi connectivity index (χ0v) is 15.3. The molecule has 0 spiro atoms. The van der Waals surface area contributed by atoms with E-state index < -0.39 is 6.17 Å². The maximum atomic E-state index is 13.5. The third-order valence-corrected chi connectivity index (χ3v) is 4.74. The molecule has 2 aromatic rings. The van der Waals surface area contributed by atoms with Gasteiger partial charge in [0.25, 0.3) is 0 Å². The number of nitrogens with one attached hydrogen (secondary N) is 2. The van der Waals surface area contributed by atoms with Crippen LogP contribution < -0.4 is 10.6 Å². The molecule has 1 atom stereocenters. The van der Waals surface area contributed by atoms with Gasteiger partial charge in [-0.25, -0.2) is 9.37 Å². The van der Waals surface area contributed by atoms with Crippen LogP contribution in [0.4, 0.5) is 16.2 Å². The summed E-state index contributed by atoms with van der Waals surface area (Å²) in [5.41, 5.74) is 1.60. The SMILES string of the molecule is CC[C@H](F)CNc1ncc(-c2ccn(C)n2)c(N[C@H]2CC[C@H](O)CC2)n1. The molecule has 142 valence electrons. The summed E-state index contributed by atoms with van der Waals surface area (Å²) in [7, 11) is 1.86. The molecule has 0 aliphatic heterocycles. The second-order valence-corrected chi connectivity index (χ2v) is 6.87. The molecule has 0 saturated heterocycles. The third-order valence-electron chi connectivity index (χ3n) is 4.74. The van der Waals surface area contributed by atoms with Gasteiger partial charge in [-0.2, -0.15) is 10.1 Å². The topological polar surface area (TPSA) is 87.9 Å². The van der Waals surface area contributed by atoms with Crippen molar-refractivity contribution in [3.63, 3.8) is 0 Å². The Morgan fingerprint density at radius 3 is 2.77 bits per heavy atom. The van der Waals surface area contributed by atoms with Crippen LogP contribution in [-0.2, 0) is 7.05 Å². The van der Waals surface area contributed by atoms with E-state index in [9.17, 15) is 9.50 Å². The van der Waals surface area contributed by atoms with Crippen molar-refractivity contribution >= 4 is 11.8 Å². The van der Waals surface area contributed by atoms with E-state index in [1.165, 1.54) is 0 Å². The van der Waals surface area contributed by atoms with Crippen LogP contribution in [0.5, 0.6) is 0 Å². The van der Waals surface area contributed by atoms with E-state index in [4.69, 9.17) is 0 Å². The number of aliphatic hydroxyl groups excluding tert-OH is 1. The molecule has 1 fully saturated rings. The molecule has 2 heterocycles. The van der Waals surface area contributed by atoms with Crippen molar-refractivity contribution in [3.8, 4) is 11.3 Å². The van der Waals surface area contributed by atoms with Gasteiger partial charge in [0.2, 0.25) is 5.95 Å². The minimum atomic E-state index is -0.926. The van der Waals surface area contributed by atoms with E-state index in [2.05, 4.69) is 25.7 Å². The highest BCUT2D eigenvalue weighted by Crippen LogP contribution is 2.28. The molecule has 26 heavy (non-hydrogen) atoms. The smallest absolute Gasteiger partial charge is 0.224 e. The summed E-state index contributed by atoms with van der Waals surface area (Å²) >= 11 is 0. The fourth-order valence-electron chi connectivity index (χ4n) is 3.08. The number of halogens is 1. The average molecular weight is 362 g/mol. The molecule has 1 aliphatic carbocycles. The largest absolute Gasteiger partial charge is 0.393 e. The van der Waals surface area contributed by atoms with Gasteiger partial charge in [-0.3, -0.25) is 4.68 Å². The summed E-state index contributed by atoms with van der Waals surface area (Å²) in [6.45, 7) is 2.00. The first-order valence-corrected chi connectivity index (χ1v) is 9.24. The predicted octanol–water partition coefficient (Wildman–Crippen LogP) is 2.75. The predicted molar refractivity (Wildman–Crippen MR) is 99.8 cm³/mol.